The lowest BCUT2D eigenvalue weighted by molar-refractivity contribution is -0.222. The monoisotopic (exact) mass is 318 g/mol. The Hall–Kier alpha value is -1.79. The summed E-state index contributed by atoms with van der Waals surface area (Å²) < 4.78 is 16.5. The van der Waals surface area contributed by atoms with Gasteiger partial charge in [-0.15, -0.1) is 0 Å². The molecule has 1 aromatic carbocycles. The number of carbonyl (C=O) groups is 1. The number of nitrogens with one attached hydrogen (secondary N) is 1. The normalized spacial score (nSPS) is 33.5. The van der Waals surface area contributed by atoms with Crippen LogP contribution in [0.1, 0.15) is 26.7 Å². The van der Waals surface area contributed by atoms with Crippen LogP contribution in [-0.2, 0) is 9.53 Å². The molecule has 2 aliphatic heterocycles. The Morgan fingerprint density at radius 2 is 2.09 bits per heavy atom. The van der Waals surface area contributed by atoms with Gasteiger partial charge in [0.15, 0.2) is 11.5 Å². The summed E-state index contributed by atoms with van der Waals surface area (Å²) in [6.45, 7) is 4.99. The van der Waals surface area contributed by atoms with Crippen LogP contribution in [0.25, 0.3) is 0 Å². The molecule has 0 aromatic heterocycles. The maximum atomic E-state index is 12.9. The first-order chi connectivity index (χ1) is 10.9. The molecular formula is C17H22N2O4. The largest absolute Gasteiger partial charge is 0.454 e. The molecule has 3 aliphatic rings. The fourth-order valence-electron chi connectivity index (χ4n) is 4.25. The number of rotatable bonds is 2. The van der Waals surface area contributed by atoms with Gasteiger partial charge in [0, 0.05) is 29.7 Å². The summed E-state index contributed by atoms with van der Waals surface area (Å²) in [5.41, 5.74) is 5.95. The van der Waals surface area contributed by atoms with Crippen LogP contribution in [0.15, 0.2) is 18.2 Å². The lowest BCUT2D eigenvalue weighted by Crippen LogP contribution is -2.81. The third-order valence-electron chi connectivity index (χ3n) is 5.69. The third-order valence-corrected chi connectivity index (χ3v) is 5.69. The highest BCUT2D eigenvalue weighted by Gasteiger charge is 2.70. The minimum absolute atomic E-state index is 0.0590. The number of anilines is 1. The summed E-state index contributed by atoms with van der Waals surface area (Å²) in [6, 6.07) is 5.36. The molecule has 0 radical (unpaired) electrons. The minimum atomic E-state index is -0.922. The first kappa shape index (κ1) is 14.8. The second-order valence-electron chi connectivity index (χ2n) is 7.15. The smallest absolute Gasteiger partial charge is 0.245 e. The van der Waals surface area contributed by atoms with E-state index < -0.39 is 11.0 Å². The second-order valence-corrected chi connectivity index (χ2v) is 7.15. The van der Waals surface area contributed by atoms with Crippen molar-refractivity contribution in [2.45, 2.75) is 38.3 Å². The Bertz CT molecular complexity index is 660. The van der Waals surface area contributed by atoms with Crippen LogP contribution in [0.2, 0.25) is 0 Å². The number of ether oxygens (including phenoxy) is 3. The molecule has 1 saturated heterocycles. The lowest BCUT2D eigenvalue weighted by Gasteiger charge is -2.65. The summed E-state index contributed by atoms with van der Waals surface area (Å²) >= 11 is 0. The topological polar surface area (TPSA) is 82.8 Å². The molecule has 1 aliphatic carbocycles. The van der Waals surface area contributed by atoms with Crippen LogP contribution in [0.4, 0.5) is 5.69 Å². The molecule has 3 atom stereocenters. The summed E-state index contributed by atoms with van der Waals surface area (Å²) in [7, 11) is 0. The van der Waals surface area contributed by atoms with Crippen molar-refractivity contribution in [3.63, 3.8) is 0 Å². The van der Waals surface area contributed by atoms with Gasteiger partial charge in [0.05, 0.1) is 6.10 Å². The minimum Gasteiger partial charge on any atom is -0.454 e. The number of benzene rings is 1. The Morgan fingerprint density at radius 1 is 1.30 bits per heavy atom. The zero-order chi connectivity index (χ0) is 16.2. The number of hydrogen-bond acceptors (Lipinski definition) is 5. The van der Waals surface area contributed by atoms with E-state index >= 15 is 0 Å². The van der Waals surface area contributed by atoms with Crippen molar-refractivity contribution in [3.05, 3.63) is 18.2 Å². The molecule has 1 aromatic rings. The number of nitrogens with two attached hydrogens (primary N) is 1. The third kappa shape index (κ3) is 1.91. The quantitative estimate of drug-likeness (QED) is 0.870. The molecule has 3 unspecified atom stereocenters. The van der Waals surface area contributed by atoms with Crippen LogP contribution in [0, 0.1) is 11.3 Å². The highest BCUT2D eigenvalue weighted by atomic mass is 16.7. The van der Waals surface area contributed by atoms with E-state index in [0.29, 0.717) is 17.2 Å². The van der Waals surface area contributed by atoms with E-state index in [9.17, 15) is 4.79 Å². The molecule has 6 nitrogen and oxygen atoms in total. The lowest BCUT2D eigenvalue weighted by atomic mass is 9.46. The van der Waals surface area contributed by atoms with E-state index in [2.05, 4.69) is 5.32 Å². The molecule has 6 heteroatoms. The molecule has 0 spiro atoms. The molecule has 1 amide bonds. The van der Waals surface area contributed by atoms with Gasteiger partial charge in [-0.3, -0.25) is 4.79 Å². The predicted octanol–water partition coefficient (Wildman–Crippen LogP) is 1.89. The standard InChI is InChI=1S/C17H22N2O4/c1-16(2)14-11(4-3-7-21-14)17(16,18)15(20)19-10-5-6-12-13(8-10)23-9-22-12/h5-6,8,11,14H,3-4,7,9,18H2,1-2H3,(H,19,20). The van der Waals surface area contributed by atoms with E-state index in [0.717, 1.165) is 19.4 Å². The fourth-order valence-corrected chi connectivity index (χ4v) is 4.25. The predicted molar refractivity (Wildman–Crippen MR) is 84.4 cm³/mol. The van der Waals surface area contributed by atoms with E-state index in [1.807, 2.05) is 13.8 Å². The zero-order valence-electron chi connectivity index (χ0n) is 13.4. The molecule has 1 saturated carbocycles. The van der Waals surface area contributed by atoms with Crippen molar-refractivity contribution in [2.24, 2.45) is 17.1 Å². The highest BCUT2D eigenvalue weighted by Crippen LogP contribution is 2.57. The van der Waals surface area contributed by atoms with Gasteiger partial charge in [-0.1, -0.05) is 13.8 Å². The van der Waals surface area contributed by atoms with Crippen molar-refractivity contribution in [1.29, 1.82) is 0 Å². The summed E-state index contributed by atoms with van der Waals surface area (Å²) in [5, 5.41) is 2.95. The zero-order valence-corrected chi connectivity index (χ0v) is 13.4. The Labute approximate surface area is 135 Å². The molecule has 0 bridgehead atoms. The first-order valence-electron chi connectivity index (χ1n) is 8.06. The van der Waals surface area contributed by atoms with Crippen LogP contribution in [0.5, 0.6) is 11.5 Å². The van der Waals surface area contributed by atoms with Gasteiger partial charge in [-0.25, -0.2) is 0 Å². The van der Waals surface area contributed by atoms with Crippen molar-refractivity contribution in [2.75, 3.05) is 18.7 Å². The van der Waals surface area contributed by atoms with Gasteiger partial charge in [-0.05, 0) is 25.0 Å². The van der Waals surface area contributed by atoms with Gasteiger partial charge in [0.25, 0.3) is 0 Å². The summed E-state index contributed by atoms with van der Waals surface area (Å²) in [4.78, 5) is 12.9. The summed E-state index contributed by atoms with van der Waals surface area (Å²) in [5.74, 6) is 1.24. The van der Waals surface area contributed by atoms with Gasteiger partial charge in [-0.2, -0.15) is 0 Å². The Kier molecular flexibility index (Phi) is 3.12. The van der Waals surface area contributed by atoms with E-state index in [4.69, 9.17) is 19.9 Å². The van der Waals surface area contributed by atoms with E-state index in [1.54, 1.807) is 18.2 Å². The number of fused-ring (bicyclic) bond motifs is 2. The van der Waals surface area contributed by atoms with Crippen molar-refractivity contribution < 1.29 is 19.0 Å². The average molecular weight is 318 g/mol. The molecule has 2 heterocycles. The molecular weight excluding hydrogens is 296 g/mol. The van der Waals surface area contributed by atoms with Crippen molar-refractivity contribution >= 4 is 11.6 Å². The highest BCUT2D eigenvalue weighted by molar-refractivity contribution is 6.00. The van der Waals surface area contributed by atoms with Crippen LogP contribution >= 0.6 is 0 Å². The van der Waals surface area contributed by atoms with Gasteiger partial charge >= 0.3 is 0 Å². The van der Waals surface area contributed by atoms with Crippen LogP contribution in [-0.4, -0.2) is 30.9 Å². The average Bonchev–Trinajstić information content (AvgIpc) is 3.01. The molecule has 124 valence electrons. The number of amides is 1. The number of carbonyl (C=O) groups excluding carboxylic acids is 1. The molecule has 3 N–H and O–H groups in total. The maximum Gasteiger partial charge on any atom is 0.245 e. The first-order valence-corrected chi connectivity index (χ1v) is 8.06. The van der Waals surface area contributed by atoms with Gasteiger partial charge in [0.2, 0.25) is 12.7 Å². The Morgan fingerprint density at radius 3 is 2.91 bits per heavy atom. The molecule has 23 heavy (non-hydrogen) atoms. The Balaban J connectivity index is 1.56. The van der Waals surface area contributed by atoms with Crippen LogP contribution < -0.4 is 20.5 Å². The van der Waals surface area contributed by atoms with E-state index in [-0.39, 0.29) is 24.7 Å². The number of hydrogen-bond donors (Lipinski definition) is 2. The van der Waals surface area contributed by atoms with Gasteiger partial charge < -0.3 is 25.3 Å². The van der Waals surface area contributed by atoms with Crippen LogP contribution in [0.3, 0.4) is 0 Å². The van der Waals surface area contributed by atoms with Crippen molar-refractivity contribution in [1.82, 2.24) is 0 Å². The van der Waals surface area contributed by atoms with Gasteiger partial charge in [0.1, 0.15) is 5.54 Å². The summed E-state index contributed by atoms with van der Waals surface area (Å²) in [6.07, 6.45) is 1.94. The maximum absolute atomic E-state index is 12.9. The fraction of sp³-hybridized carbons (Fsp3) is 0.588. The van der Waals surface area contributed by atoms with E-state index in [1.165, 1.54) is 0 Å². The van der Waals surface area contributed by atoms with Crippen molar-refractivity contribution in [3.8, 4) is 11.5 Å². The molecule has 4 rings (SSSR count). The SMILES string of the molecule is CC1(C)C2OCCCC2C1(N)C(=O)Nc1ccc2c(c1)OCO2. The second kappa shape index (κ2) is 4.85. The molecule has 2 fully saturated rings.